The Balaban J connectivity index is 2.01. The summed E-state index contributed by atoms with van der Waals surface area (Å²) in [7, 11) is 0. The molecular weight excluding hydrogens is 376 g/mol. The van der Waals surface area contributed by atoms with E-state index in [-0.39, 0.29) is 11.7 Å². The van der Waals surface area contributed by atoms with Crippen LogP contribution in [-0.4, -0.2) is 26.4 Å². The lowest BCUT2D eigenvalue weighted by atomic mass is 10.1. The number of carbonyl (C=O) groups excluding carboxylic acids is 1. The van der Waals surface area contributed by atoms with Crippen LogP contribution in [0.1, 0.15) is 17.0 Å². The maximum absolute atomic E-state index is 12.2. The predicted octanol–water partition coefficient (Wildman–Crippen LogP) is 3.88. The maximum atomic E-state index is 12.2. The summed E-state index contributed by atoms with van der Waals surface area (Å²) in [4.78, 5) is 12.2. The number of amides is 1. The number of benzene rings is 1. The first-order valence-electron chi connectivity index (χ1n) is 7.13. The second-order valence-electron chi connectivity index (χ2n) is 5.11. The molecule has 0 spiro atoms. The minimum atomic E-state index is -0.0642. The van der Waals surface area contributed by atoms with Gasteiger partial charge in [-0.1, -0.05) is 33.8 Å². The fourth-order valence-electron chi connectivity index (χ4n) is 2.05. The van der Waals surface area contributed by atoms with Gasteiger partial charge in [0, 0.05) is 16.7 Å². The molecular formula is C16H19BrN4OS. The van der Waals surface area contributed by atoms with E-state index in [0.717, 1.165) is 32.3 Å². The van der Waals surface area contributed by atoms with Crippen LogP contribution in [0.4, 0.5) is 5.69 Å². The zero-order chi connectivity index (χ0) is 17.0. The molecule has 0 aliphatic rings. The second kappa shape index (κ2) is 7.79. The Morgan fingerprint density at radius 3 is 2.78 bits per heavy atom. The molecule has 2 rings (SSSR count). The smallest absolute Gasteiger partial charge is 0.234 e. The number of nitrogens with one attached hydrogen (secondary N) is 1. The maximum Gasteiger partial charge on any atom is 0.234 e. The zero-order valence-electron chi connectivity index (χ0n) is 13.4. The summed E-state index contributed by atoms with van der Waals surface area (Å²) in [5, 5.41) is 11.8. The minimum absolute atomic E-state index is 0.0642. The van der Waals surface area contributed by atoms with Crippen molar-refractivity contribution in [3.05, 3.63) is 46.2 Å². The summed E-state index contributed by atoms with van der Waals surface area (Å²) >= 11 is 4.86. The number of aryl methyl sites for hydroxylation is 1. The molecule has 1 N–H and O–H groups in total. The van der Waals surface area contributed by atoms with Crippen molar-refractivity contribution in [3.8, 4) is 0 Å². The Labute approximate surface area is 148 Å². The first kappa shape index (κ1) is 17.7. The standard InChI is InChI=1S/C16H19BrN4OS/c1-5-8-21-12(4)19-20-16(21)23-9-15(22)18-14-7-6-13(17)10(2)11(14)3/h5-7H,1,8-9H2,2-4H3,(H,18,22). The Kier molecular flexibility index (Phi) is 6.01. The van der Waals surface area contributed by atoms with Crippen LogP contribution in [-0.2, 0) is 11.3 Å². The lowest BCUT2D eigenvalue weighted by Gasteiger charge is -2.11. The van der Waals surface area contributed by atoms with Crippen molar-refractivity contribution in [2.75, 3.05) is 11.1 Å². The van der Waals surface area contributed by atoms with Crippen molar-refractivity contribution < 1.29 is 4.79 Å². The van der Waals surface area contributed by atoms with Crippen LogP contribution in [0.5, 0.6) is 0 Å². The summed E-state index contributed by atoms with van der Waals surface area (Å²) in [6.45, 7) is 10.3. The van der Waals surface area contributed by atoms with Crippen LogP contribution < -0.4 is 5.32 Å². The number of allylic oxidation sites excluding steroid dienone is 1. The largest absolute Gasteiger partial charge is 0.325 e. The lowest BCUT2D eigenvalue weighted by molar-refractivity contribution is -0.113. The van der Waals surface area contributed by atoms with Crippen molar-refractivity contribution in [1.82, 2.24) is 14.8 Å². The molecule has 7 heteroatoms. The highest BCUT2D eigenvalue weighted by atomic mass is 79.9. The van der Waals surface area contributed by atoms with Gasteiger partial charge in [0.2, 0.25) is 5.91 Å². The second-order valence-corrected chi connectivity index (χ2v) is 6.91. The predicted molar refractivity (Wildman–Crippen MR) is 97.9 cm³/mol. The fourth-order valence-corrected chi connectivity index (χ4v) is 3.27. The van der Waals surface area contributed by atoms with E-state index in [2.05, 4.69) is 38.0 Å². The molecule has 2 aromatic rings. The van der Waals surface area contributed by atoms with Gasteiger partial charge < -0.3 is 9.88 Å². The van der Waals surface area contributed by atoms with Crippen LogP contribution >= 0.6 is 27.7 Å². The van der Waals surface area contributed by atoms with Gasteiger partial charge in [-0.25, -0.2) is 0 Å². The van der Waals surface area contributed by atoms with E-state index < -0.39 is 0 Å². The number of nitrogens with zero attached hydrogens (tertiary/aromatic N) is 3. The van der Waals surface area contributed by atoms with Gasteiger partial charge in [-0.3, -0.25) is 4.79 Å². The van der Waals surface area contributed by atoms with E-state index in [1.54, 1.807) is 6.08 Å². The van der Waals surface area contributed by atoms with Crippen LogP contribution in [0.2, 0.25) is 0 Å². The van der Waals surface area contributed by atoms with Crippen LogP contribution in [0, 0.1) is 20.8 Å². The summed E-state index contributed by atoms with van der Waals surface area (Å²) in [5.74, 6) is 1.03. The van der Waals surface area contributed by atoms with Crippen molar-refractivity contribution in [3.63, 3.8) is 0 Å². The molecule has 0 radical (unpaired) electrons. The van der Waals surface area contributed by atoms with Gasteiger partial charge in [-0.05, 0) is 44.0 Å². The van der Waals surface area contributed by atoms with Gasteiger partial charge in [-0.2, -0.15) is 0 Å². The highest BCUT2D eigenvalue weighted by Crippen LogP contribution is 2.26. The van der Waals surface area contributed by atoms with Gasteiger partial charge in [-0.15, -0.1) is 16.8 Å². The number of halogens is 1. The molecule has 0 bridgehead atoms. The van der Waals surface area contributed by atoms with Crippen molar-refractivity contribution in [2.45, 2.75) is 32.5 Å². The molecule has 0 unspecified atom stereocenters. The number of carbonyl (C=O) groups is 1. The average Bonchev–Trinajstić information content (AvgIpc) is 2.87. The Bertz CT molecular complexity index is 742. The molecule has 1 aromatic carbocycles. The SMILES string of the molecule is C=CCn1c(C)nnc1SCC(=O)Nc1ccc(Br)c(C)c1C. The third-order valence-electron chi connectivity index (χ3n) is 3.54. The summed E-state index contributed by atoms with van der Waals surface area (Å²) in [5.41, 5.74) is 3.01. The zero-order valence-corrected chi connectivity index (χ0v) is 15.8. The summed E-state index contributed by atoms with van der Waals surface area (Å²) in [6.07, 6.45) is 1.79. The third-order valence-corrected chi connectivity index (χ3v) is 5.37. The molecule has 0 saturated carbocycles. The van der Waals surface area contributed by atoms with Crippen molar-refractivity contribution in [1.29, 1.82) is 0 Å². The van der Waals surface area contributed by atoms with Crippen LogP contribution in [0.15, 0.2) is 34.4 Å². The molecule has 5 nitrogen and oxygen atoms in total. The molecule has 0 aliphatic heterocycles. The van der Waals surface area contributed by atoms with E-state index in [1.807, 2.05) is 37.5 Å². The number of aromatic nitrogens is 3. The normalized spacial score (nSPS) is 10.6. The number of hydrogen-bond donors (Lipinski definition) is 1. The monoisotopic (exact) mass is 394 g/mol. The Hall–Kier alpha value is -1.60. The number of anilines is 1. The van der Waals surface area contributed by atoms with E-state index >= 15 is 0 Å². The van der Waals surface area contributed by atoms with Gasteiger partial charge in [0.1, 0.15) is 5.82 Å². The minimum Gasteiger partial charge on any atom is -0.325 e. The van der Waals surface area contributed by atoms with Crippen LogP contribution in [0.3, 0.4) is 0 Å². The van der Waals surface area contributed by atoms with Gasteiger partial charge in [0.25, 0.3) is 0 Å². The lowest BCUT2D eigenvalue weighted by Crippen LogP contribution is -2.15. The number of hydrogen-bond acceptors (Lipinski definition) is 4. The van der Waals surface area contributed by atoms with E-state index in [9.17, 15) is 4.79 Å². The first-order chi connectivity index (χ1) is 10.9. The molecule has 1 aromatic heterocycles. The van der Waals surface area contributed by atoms with Gasteiger partial charge >= 0.3 is 0 Å². The molecule has 23 heavy (non-hydrogen) atoms. The first-order valence-corrected chi connectivity index (χ1v) is 8.91. The van der Waals surface area contributed by atoms with E-state index in [1.165, 1.54) is 11.8 Å². The molecule has 0 fully saturated rings. The average molecular weight is 395 g/mol. The highest BCUT2D eigenvalue weighted by Gasteiger charge is 2.12. The van der Waals surface area contributed by atoms with Crippen LogP contribution in [0.25, 0.3) is 0 Å². The quantitative estimate of drug-likeness (QED) is 0.596. The molecule has 0 aliphatic carbocycles. The van der Waals surface area contributed by atoms with Crippen molar-refractivity contribution >= 4 is 39.3 Å². The molecule has 1 amide bonds. The van der Waals surface area contributed by atoms with E-state index in [0.29, 0.717) is 6.54 Å². The van der Waals surface area contributed by atoms with E-state index in [4.69, 9.17) is 0 Å². The topological polar surface area (TPSA) is 59.8 Å². The van der Waals surface area contributed by atoms with Gasteiger partial charge in [0.05, 0.1) is 5.75 Å². The molecule has 0 atom stereocenters. The summed E-state index contributed by atoms with van der Waals surface area (Å²) < 4.78 is 2.97. The third kappa shape index (κ3) is 4.23. The molecule has 0 saturated heterocycles. The fraction of sp³-hybridized carbons (Fsp3) is 0.312. The Morgan fingerprint density at radius 2 is 2.09 bits per heavy atom. The molecule has 122 valence electrons. The van der Waals surface area contributed by atoms with Crippen molar-refractivity contribution in [2.24, 2.45) is 0 Å². The highest BCUT2D eigenvalue weighted by molar-refractivity contribution is 9.10. The number of thioether (sulfide) groups is 1. The Morgan fingerprint density at radius 1 is 1.35 bits per heavy atom. The number of rotatable bonds is 6. The molecule has 1 heterocycles. The summed E-state index contributed by atoms with van der Waals surface area (Å²) in [6, 6.07) is 3.84. The van der Waals surface area contributed by atoms with Gasteiger partial charge in [0.15, 0.2) is 5.16 Å².